The lowest BCUT2D eigenvalue weighted by atomic mass is 9.94. The molecule has 0 saturated heterocycles. The third kappa shape index (κ3) is 3.63. The summed E-state index contributed by atoms with van der Waals surface area (Å²) < 4.78 is 14.2. The van der Waals surface area contributed by atoms with Crippen molar-refractivity contribution in [3.8, 4) is 11.1 Å². The van der Waals surface area contributed by atoms with Crippen LogP contribution in [-0.4, -0.2) is 16.1 Å². The SMILES string of the molecule is O=C(O)c1ccncc1CC[C@@H]1NCc2cc(-c3ccc(Cl)cc3F)ccc21. The zero-order valence-electron chi connectivity index (χ0n) is 15.0. The highest BCUT2D eigenvalue weighted by molar-refractivity contribution is 6.30. The predicted octanol–water partition coefficient (Wildman–Crippen LogP) is 5.02. The maximum atomic E-state index is 14.2. The van der Waals surface area contributed by atoms with Crippen LogP contribution in [0.25, 0.3) is 11.1 Å². The quantitative estimate of drug-likeness (QED) is 0.636. The Balaban J connectivity index is 1.53. The number of carboxylic acids is 1. The van der Waals surface area contributed by atoms with E-state index in [-0.39, 0.29) is 11.9 Å². The van der Waals surface area contributed by atoms with Crippen molar-refractivity contribution < 1.29 is 14.3 Å². The summed E-state index contributed by atoms with van der Waals surface area (Å²) in [6.45, 7) is 0.696. The highest BCUT2D eigenvalue weighted by Crippen LogP contribution is 2.34. The van der Waals surface area contributed by atoms with Crippen molar-refractivity contribution in [2.24, 2.45) is 0 Å². The van der Waals surface area contributed by atoms with E-state index in [1.807, 2.05) is 18.2 Å². The van der Waals surface area contributed by atoms with E-state index in [1.165, 1.54) is 23.9 Å². The van der Waals surface area contributed by atoms with Gasteiger partial charge in [0.1, 0.15) is 5.82 Å². The number of fused-ring (bicyclic) bond motifs is 1. The van der Waals surface area contributed by atoms with Crippen LogP contribution < -0.4 is 5.32 Å². The van der Waals surface area contributed by atoms with Crippen LogP contribution in [0.5, 0.6) is 0 Å². The molecule has 0 radical (unpaired) electrons. The molecule has 2 N–H and O–H groups in total. The third-order valence-electron chi connectivity index (χ3n) is 5.14. The number of nitrogens with one attached hydrogen (secondary N) is 1. The average Bonchev–Trinajstić information content (AvgIpc) is 3.08. The van der Waals surface area contributed by atoms with Gasteiger partial charge in [0.2, 0.25) is 0 Å². The van der Waals surface area contributed by atoms with Crippen molar-refractivity contribution >= 4 is 17.6 Å². The van der Waals surface area contributed by atoms with Gasteiger partial charge in [0, 0.05) is 35.6 Å². The van der Waals surface area contributed by atoms with Crippen LogP contribution in [0.3, 0.4) is 0 Å². The number of rotatable bonds is 5. The third-order valence-corrected chi connectivity index (χ3v) is 5.37. The smallest absolute Gasteiger partial charge is 0.336 e. The van der Waals surface area contributed by atoms with Gasteiger partial charge in [0.15, 0.2) is 0 Å². The van der Waals surface area contributed by atoms with Crippen LogP contribution in [0.1, 0.15) is 39.5 Å². The van der Waals surface area contributed by atoms with Crippen LogP contribution in [-0.2, 0) is 13.0 Å². The van der Waals surface area contributed by atoms with Gasteiger partial charge >= 0.3 is 5.97 Å². The van der Waals surface area contributed by atoms with E-state index >= 15 is 0 Å². The number of nitrogens with zero attached hydrogens (tertiary/aromatic N) is 1. The molecule has 6 heteroatoms. The van der Waals surface area contributed by atoms with Gasteiger partial charge in [-0.1, -0.05) is 23.7 Å². The number of aromatic nitrogens is 1. The van der Waals surface area contributed by atoms with E-state index in [1.54, 1.807) is 18.3 Å². The fraction of sp³-hybridized carbons (Fsp3) is 0.182. The molecule has 1 atom stereocenters. The summed E-state index contributed by atoms with van der Waals surface area (Å²) >= 11 is 5.84. The molecule has 0 fully saturated rings. The second-order valence-electron chi connectivity index (χ2n) is 6.85. The molecule has 1 aliphatic rings. The molecular weight excluding hydrogens is 379 g/mol. The molecule has 0 unspecified atom stereocenters. The van der Waals surface area contributed by atoms with Crippen molar-refractivity contribution in [1.29, 1.82) is 0 Å². The Labute approximate surface area is 167 Å². The summed E-state index contributed by atoms with van der Waals surface area (Å²) in [5.41, 5.74) is 4.65. The molecule has 4 nitrogen and oxygen atoms in total. The number of halogens is 2. The minimum absolute atomic E-state index is 0.126. The Hall–Kier alpha value is -2.76. The summed E-state index contributed by atoms with van der Waals surface area (Å²) in [7, 11) is 0. The van der Waals surface area contributed by atoms with Crippen molar-refractivity contribution in [3.05, 3.63) is 88.0 Å². The summed E-state index contributed by atoms with van der Waals surface area (Å²) in [6.07, 6.45) is 4.48. The second kappa shape index (κ2) is 7.70. The topological polar surface area (TPSA) is 62.2 Å². The number of benzene rings is 2. The van der Waals surface area contributed by atoms with E-state index in [9.17, 15) is 14.3 Å². The van der Waals surface area contributed by atoms with Gasteiger partial charge in [-0.25, -0.2) is 9.18 Å². The molecule has 0 aliphatic carbocycles. The molecule has 2 heterocycles. The largest absolute Gasteiger partial charge is 0.478 e. The zero-order chi connectivity index (χ0) is 19.7. The van der Waals surface area contributed by atoms with Crippen LogP contribution in [0, 0.1) is 5.82 Å². The molecule has 3 aromatic rings. The average molecular weight is 397 g/mol. The number of hydrogen-bond acceptors (Lipinski definition) is 3. The first-order valence-corrected chi connectivity index (χ1v) is 9.38. The second-order valence-corrected chi connectivity index (χ2v) is 7.28. The molecule has 1 aliphatic heterocycles. The first-order valence-electron chi connectivity index (χ1n) is 9.01. The van der Waals surface area contributed by atoms with Gasteiger partial charge in [-0.3, -0.25) is 4.98 Å². The lowest BCUT2D eigenvalue weighted by molar-refractivity contribution is 0.0695. The first-order chi connectivity index (χ1) is 13.5. The molecule has 0 bridgehead atoms. The van der Waals surface area contributed by atoms with E-state index in [0.717, 1.165) is 23.1 Å². The normalized spacial score (nSPS) is 15.4. The molecule has 1 aromatic heterocycles. The van der Waals surface area contributed by atoms with Crippen LogP contribution >= 0.6 is 11.6 Å². The highest BCUT2D eigenvalue weighted by atomic mass is 35.5. The minimum Gasteiger partial charge on any atom is -0.478 e. The van der Waals surface area contributed by atoms with E-state index in [0.29, 0.717) is 29.1 Å². The maximum Gasteiger partial charge on any atom is 0.336 e. The fourth-order valence-corrected chi connectivity index (χ4v) is 3.88. The summed E-state index contributed by atoms with van der Waals surface area (Å²) in [6, 6.07) is 12.3. The van der Waals surface area contributed by atoms with E-state index in [2.05, 4.69) is 10.3 Å². The van der Waals surface area contributed by atoms with Gasteiger partial charge in [-0.05, 0) is 65.4 Å². The zero-order valence-corrected chi connectivity index (χ0v) is 15.7. The van der Waals surface area contributed by atoms with Gasteiger partial charge in [-0.2, -0.15) is 0 Å². The Morgan fingerprint density at radius 1 is 1.25 bits per heavy atom. The molecule has 0 amide bonds. The maximum absolute atomic E-state index is 14.2. The van der Waals surface area contributed by atoms with Gasteiger partial charge < -0.3 is 10.4 Å². The number of carbonyl (C=O) groups is 1. The van der Waals surface area contributed by atoms with Crippen molar-refractivity contribution in [1.82, 2.24) is 10.3 Å². The molecule has 2 aromatic carbocycles. The lowest BCUT2D eigenvalue weighted by Gasteiger charge is -2.13. The number of hydrogen-bond donors (Lipinski definition) is 2. The Morgan fingerprint density at radius 2 is 2.11 bits per heavy atom. The fourth-order valence-electron chi connectivity index (χ4n) is 3.73. The minimum atomic E-state index is -0.938. The summed E-state index contributed by atoms with van der Waals surface area (Å²) in [4.78, 5) is 15.4. The lowest BCUT2D eigenvalue weighted by Crippen LogP contribution is -2.13. The van der Waals surface area contributed by atoms with Gasteiger partial charge in [0.25, 0.3) is 0 Å². The summed E-state index contributed by atoms with van der Waals surface area (Å²) in [5, 5.41) is 13.1. The Kier molecular flexibility index (Phi) is 5.11. The standard InChI is InChI=1S/C22H18ClFN2O2/c23-16-3-5-17(20(24)10-16)13-1-4-18-15(9-13)12-26-21(18)6-2-14-11-25-8-7-19(14)22(27)28/h1,3-5,7-11,21,26H,2,6,12H2,(H,27,28)/t21-/m0/s1. The number of aromatic carboxylic acids is 1. The molecule has 142 valence electrons. The van der Waals surface area contributed by atoms with Crippen LogP contribution in [0.2, 0.25) is 5.02 Å². The molecule has 28 heavy (non-hydrogen) atoms. The monoisotopic (exact) mass is 396 g/mol. The van der Waals surface area contributed by atoms with Crippen molar-refractivity contribution in [2.75, 3.05) is 0 Å². The Morgan fingerprint density at radius 3 is 2.89 bits per heavy atom. The molecule has 0 spiro atoms. The van der Waals surface area contributed by atoms with Crippen molar-refractivity contribution in [2.45, 2.75) is 25.4 Å². The Bertz CT molecular complexity index is 1050. The van der Waals surface area contributed by atoms with Gasteiger partial charge in [0.05, 0.1) is 5.56 Å². The molecule has 4 rings (SSSR count). The predicted molar refractivity (Wildman–Crippen MR) is 106 cm³/mol. The number of carboxylic acid groups (broad SMARTS) is 1. The number of pyridine rings is 1. The number of aryl methyl sites for hydroxylation is 1. The van der Waals surface area contributed by atoms with E-state index in [4.69, 9.17) is 11.6 Å². The van der Waals surface area contributed by atoms with Crippen molar-refractivity contribution in [3.63, 3.8) is 0 Å². The molecule has 0 saturated carbocycles. The molecular formula is C22H18ClFN2O2. The van der Waals surface area contributed by atoms with E-state index < -0.39 is 5.97 Å². The van der Waals surface area contributed by atoms with Gasteiger partial charge in [-0.15, -0.1) is 0 Å². The highest BCUT2D eigenvalue weighted by Gasteiger charge is 2.23. The summed E-state index contributed by atoms with van der Waals surface area (Å²) in [5.74, 6) is -1.28. The first kappa shape index (κ1) is 18.6. The van der Waals surface area contributed by atoms with Crippen LogP contribution in [0.4, 0.5) is 4.39 Å². The van der Waals surface area contributed by atoms with Crippen LogP contribution in [0.15, 0.2) is 54.9 Å².